The summed E-state index contributed by atoms with van der Waals surface area (Å²) in [7, 11) is 2.10. The standard InChI is InChI=1S/C26H47FN6O/c1-6-8-9-13-29-25(28)24(19(4)31-16-21(27)7-2)26(34)32-23-17-33(5)14-12-22(23)20-11-10-18(3)30-15-20/h8-9,20-25,29H,6-7,10-17,28H2,1-5H3,(H,32,34)/b9-8-,31-19?. The van der Waals surface area contributed by atoms with E-state index in [1.807, 2.05) is 6.08 Å². The summed E-state index contributed by atoms with van der Waals surface area (Å²) < 4.78 is 13.9. The van der Waals surface area contributed by atoms with Gasteiger partial charge in [0.25, 0.3) is 0 Å². The number of amides is 1. The molecule has 6 unspecified atom stereocenters. The third-order valence-electron chi connectivity index (χ3n) is 7.22. The average molecular weight is 479 g/mol. The average Bonchev–Trinajstić information content (AvgIpc) is 2.81. The van der Waals surface area contributed by atoms with Gasteiger partial charge in [0, 0.05) is 37.1 Å². The van der Waals surface area contributed by atoms with Crippen molar-refractivity contribution in [3.63, 3.8) is 0 Å². The molecule has 0 aromatic heterocycles. The van der Waals surface area contributed by atoms with Crippen molar-refractivity contribution in [3.05, 3.63) is 12.2 Å². The second-order valence-corrected chi connectivity index (χ2v) is 9.98. The molecule has 0 spiro atoms. The van der Waals surface area contributed by atoms with Gasteiger partial charge in [-0.25, -0.2) is 4.39 Å². The van der Waals surface area contributed by atoms with Crippen LogP contribution in [0.4, 0.5) is 4.39 Å². The number of nitrogens with zero attached hydrogens (tertiary/aromatic N) is 3. The van der Waals surface area contributed by atoms with Gasteiger partial charge in [-0.2, -0.15) is 0 Å². The number of halogens is 1. The molecule has 34 heavy (non-hydrogen) atoms. The Kier molecular flexibility index (Phi) is 12.4. The van der Waals surface area contributed by atoms with Crippen LogP contribution in [0.3, 0.4) is 0 Å². The van der Waals surface area contributed by atoms with Gasteiger partial charge in [0.1, 0.15) is 12.1 Å². The van der Waals surface area contributed by atoms with E-state index in [1.165, 1.54) is 5.71 Å². The molecule has 194 valence electrons. The van der Waals surface area contributed by atoms with Crippen molar-refractivity contribution in [1.29, 1.82) is 0 Å². The van der Waals surface area contributed by atoms with Crippen LogP contribution in [0, 0.1) is 17.8 Å². The number of carbonyl (C=O) groups is 1. The van der Waals surface area contributed by atoms with Crippen LogP contribution in [-0.2, 0) is 4.79 Å². The summed E-state index contributed by atoms with van der Waals surface area (Å²) in [6.07, 6.45) is 7.00. The zero-order valence-electron chi connectivity index (χ0n) is 21.9. The number of likely N-dealkylation sites (tertiary alicyclic amines) is 1. The van der Waals surface area contributed by atoms with E-state index >= 15 is 0 Å². The van der Waals surface area contributed by atoms with Gasteiger partial charge >= 0.3 is 0 Å². The zero-order chi connectivity index (χ0) is 25.1. The van der Waals surface area contributed by atoms with Gasteiger partial charge in [0.05, 0.1) is 12.7 Å². The molecule has 0 aromatic rings. The van der Waals surface area contributed by atoms with Crippen molar-refractivity contribution in [2.75, 3.05) is 39.8 Å². The maximum atomic E-state index is 13.9. The Morgan fingerprint density at radius 2 is 2.12 bits per heavy atom. The monoisotopic (exact) mass is 478 g/mol. The van der Waals surface area contributed by atoms with Crippen LogP contribution in [0.1, 0.15) is 59.8 Å². The van der Waals surface area contributed by atoms with Crippen LogP contribution in [0.15, 0.2) is 22.1 Å². The summed E-state index contributed by atoms with van der Waals surface area (Å²) in [4.78, 5) is 25.0. The highest BCUT2D eigenvalue weighted by atomic mass is 19.1. The Morgan fingerprint density at radius 1 is 1.35 bits per heavy atom. The first-order valence-corrected chi connectivity index (χ1v) is 13.0. The van der Waals surface area contributed by atoms with E-state index < -0.39 is 18.3 Å². The number of nitrogens with two attached hydrogens (primary N) is 1. The van der Waals surface area contributed by atoms with E-state index in [9.17, 15) is 9.18 Å². The van der Waals surface area contributed by atoms with Gasteiger partial charge in [0.2, 0.25) is 5.91 Å². The Balaban J connectivity index is 2.17. The second-order valence-electron chi connectivity index (χ2n) is 9.98. The summed E-state index contributed by atoms with van der Waals surface area (Å²) in [6, 6.07) is 0.0388. The molecule has 2 aliphatic heterocycles. The predicted molar refractivity (Wildman–Crippen MR) is 140 cm³/mol. The fourth-order valence-corrected chi connectivity index (χ4v) is 4.96. The molecule has 1 fully saturated rings. The highest BCUT2D eigenvalue weighted by Crippen LogP contribution is 2.31. The number of aliphatic imine (C=N–C) groups is 2. The summed E-state index contributed by atoms with van der Waals surface area (Å²) in [6.45, 7) is 11.1. The van der Waals surface area contributed by atoms with E-state index in [0.717, 1.165) is 45.3 Å². The molecule has 0 aliphatic carbocycles. The fourth-order valence-electron chi connectivity index (χ4n) is 4.96. The van der Waals surface area contributed by atoms with Crippen molar-refractivity contribution in [3.8, 4) is 0 Å². The molecule has 2 aliphatic rings. The molecular weight excluding hydrogens is 431 g/mol. The topological polar surface area (TPSA) is 95.1 Å². The van der Waals surface area contributed by atoms with E-state index in [0.29, 0.717) is 30.5 Å². The molecule has 4 N–H and O–H groups in total. The smallest absolute Gasteiger partial charge is 0.231 e. The van der Waals surface area contributed by atoms with E-state index in [4.69, 9.17) is 10.7 Å². The minimum atomic E-state index is -1.01. The number of allylic oxidation sites excluding steroid dienone is 1. The van der Waals surface area contributed by atoms with Gasteiger partial charge < -0.3 is 16.0 Å². The predicted octanol–water partition coefficient (Wildman–Crippen LogP) is 2.96. The van der Waals surface area contributed by atoms with E-state index in [1.54, 1.807) is 13.8 Å². The van der Waals surface area contributed by atoms with Gasteiger partial charge in [-0.15, -0.1) is 0 Å². The van der Waals surface area contributed by atoms with Gasteiger partial charge in [-0.05, 0) is 71.4 Å². The van der Waals surface area contributed by atoms with Crippen molar-refractivity contribution in [2.45, 2.75) is 78.2 Å². The first-order valence-electron chi connectivity index (χ1n) is 13.0. The van der Waals surface area contributed by atoms with E-state index in [-0.39, 0.29) is 18.5 Å². The highest BCUT2D eigenvalue weighted by Gasteiger charge is 2.37. The van der Waals surface area contributed by atoms with Crippen LogP contribution in [0.2, 0.25) is 0 Å². The molecule has 2 rings (SSSR count). The summed E-state index contributed by atoms with van der Waals surface area (Å²) in [5.41, 5.74) is 8.26. The molecule has 7 nitrogen and oxygen atoms in total. The molecule has 1 saturated heterocycles. The summed E-state index contributed by atoms with van der Waals surface area (Å²) in [5.74, 6) is 0.0904. The number of nitrogens with one attached hydrogen (secondary N) is 2. The van der Waals surface area contributed by atoms with Crippen LogP contribution in [0.5, 0.6) is 0 Å². The molecular formula is C26H47FN6O. The summed E-state index contributed by atoms with van der Waals surface area (Å²) >= 11 is 0. The number of hydrogen-bond donors (Lipinski definition) is 3. The number of piperidine rings is 1. The van der Waals surface area contributed by atoms with Crippen LogP contribution in [-0.4, -0.2) is 80.4 Å². The Labute approximate surface area is 205 Å². The third-order valence-corrected chi connectivity index (χ3v) is 7.22. The lowest BCUT2D eigenvalue weighted by molar-refractivity contribution is -0.125. The van der Waals surface area contributed by atoms with Crippen molar-refractivity contribution >= 4 is 17.3 Å². The SMILES string of the molecule is CC/C=C\CNC(N)C(C(=O)NC1CN(C)CCC1C1CCC(C)=NC1)C(C)=NCC(F)CC. The lowest BCUT2D eigenvalue weighted by Crippen LogP contribution is -2.59. The largest absolute Gasteiger partial charge is 0.351 e. The van der Waals surface area contributed by atoms with Gasteiger partial charge in [0.15, 0.2) is 0 Å². The number of hydrogen-bond acceptors (Lipinski definition) is 6. The summed E-state index contributed by atoms with van der Waals surface area (Å²) in [5, 5.41) is 6.57. The normalized spacial score (nSPS) is 27.3. The number of carbonyl (C=O) groups excluding carboxylic acids is 1. The molecule has 8 heteroatoms. The van der Waals surface area contributed by atoms with E-state index in [2.05, 4.69) is 47.5 Å². The maximum Gasteiger partial charge on any atom is 0.231 e. The number of alkyl halides is 1. The second kappa shape index (κ2) is 14.7. The number of likely N-dealkylation sites (N-methyl/N-ethyl adjacent to an activating group) is 1. The zero-order valence-corrected chi connectivity index (χ0v) is 21.9. The maximum absolute atomic E-state index is 13.9. The lowest BCUT2D eigenvalue weighted by atomic mass is 9.77. The van der Waals surface area contributed by atoms with Crippen LogP contribution in [0.25, 0.3) is 0 Å². The molecule has 0 bridgehead atoms. The Morgan fingerprint density at radius 3 is 2.76 bits per heavy atom. The molecule has 0 radical (unpaired) electrons. The lowest BCUT2D eigenvalue weighted by Gasteiger charge is -2.42. The van der Waals surface area contributed by atoms with Crippen LogP contribution >= 0.6 is 0 Å². The minimum absolute atomic E-state index is 0.0388. The quantitative estimate of drug-likeness (QED) is 0.228. The van der Waals surface area contributed by atoms with Gasteiger partial charge in [-0.1, -0.05) is 26.0 Å². The fraction of sp³-hybridized carbons (Fsp3) is 0.808. The first-order chi connectivity index (χ1) is 16.3. The van der Waals surface area contributed by atoms with Crippen molar-refractivity contribution in [2.24, 2.45) is 33.5 Å². The number of rotatable bonds is 12. The minimum Gasteiger partial charge on any atom is -0.351 e. The Hall–Kier alpha value is -1.64. The molecule has 0 saturated carbocycles. The highest BCUT2D eigenvalue weighted by molar-refractivity contribution is 6.04. The molecule has 1 amide bonds. The first kappa shape index (κ1) is 28.6. The van der Waals surface area contributed by atoms with Gasteiger partial charge in [-0.3, -0.25) is 20.1 Å². The van der Waals surface area contributed by atoms with Crippen molar-refractivity contribution in [1.82, 2.24) is 15.5 Å². The Bertz CT molecular complexity index is 724. The van der Waals surface area contributed by atoms with Crippen LogP contribution < -0.4 is 16.4 Å². The third kappa shape index (κ3) is 8.86. The molecule has 0 aromatic carbocycles. The molecule has 2 heterocycles. The molecule has 6 atom stereocenters. The van der Waals surface area contributed by atoms with Crippen molar-refractivity contribution < 1.29 is 9.18 Å².